The van der Waals surface area contributed by atoms with Gasteiger partial charge in [0.05, 0.1) is 17.4 Å². The molecule has 1 spiro atoms. The van der Waals surface area contributed by atoms with Gasteiger partial charge in [-0.3, -0.25) is 14.4 Å². The second-order valence-corrected chi connectivity index (χ2v) is 11.6. The lowest BCUT2D eigenvalue weighted by Gasteiger charge is -2.36. The van der Waals surface area contributed by atoms with Gasteiger partial charge in [-0.2, -0.15) is 0 Å². The first-order valence-corrected chi connectivity index (χ1v) is 14.5. The zero-order valence-electron chi connectivity index (χ0n) is 23.2. The molecule has 1 aromatic rings. The van der Waals surface area contributed by atoms with Crippen molar-refractivity contribution >= 4 is 17.7 Å². The number of ether oxygens (including phenoxy) is 1. The number of benzene rings is 1. The smallest absolute Gasteiger partial charge is 0.245 e. The van der Waals surface area contributed by atoms with Crippen LogP contribution in [0.5, 0.6) is 0 Å². The van der Waals surface area contributed by atoms with E-state index in [-0.39, 0.29) is 30.2 Å². The van der Waals surface area contributed by atoms with Crippen LogP contribution in [-0.4, -0.2) is 64.7 Å². The number of nitrogens with zero attached hydrogens (tertiary/aromatic N) is 1. The summed E-state index contributed by atoms with van der Waals surface area (Å²) in [5.74, 6) is -1.81. The average molecular weight is 528 g/mol. The minimum Gasteiger partial charge on any atom is -0.396 e. The zero-order chi connectivity index (χ0) is 27.3. The van der Waals surface area contributed by atoms with E-state index in [0.717, 1.165) is 50.5 Å². The third kappa shape index (κ3) is 5.22. The summed E-state index contributed by atoms with van der Waals surface area (Å²) in [6.45, 7) is 7.68. The molecule has 2 bridgehead atoms. The third-order valence-electron chi connectivity index (χ3n) is 9.04. The van der Waals surface area contributed by atoms with E-state index in [9.17, 15) is 14.4 Å². The van der Waals surface area contributed by atoms with Gasteiger partial charge in [-0.15, -0.1) is 0 Å². The Kier molecular flexibility index (Phi) is 9.14. The predicted molar refractivity (Wildman–Crippen MR) is 145 cm³/mol. The fourth-order valence-electron chi connectivity index (χ4n) is 7.01. The van der Waals surface area contributed by atoms with Crippen LogP contribution in [0.4, 0.5) is 0 Å². The highest BCUT2D eigenvalue weighted by atomic mass is 16.5. The molecule has 38 heavy (non-hydrogen) atoms. The number of carbonyl (C=O) groups is 3. The Morgan fingerprint density at radius 1 is 1.05 bits per heavy atom. The van der Waals surface area contributed by atoms with Crippen molar-refractivity contribution in [1.29, 1.82) is 0 Å². The maximum absolute atomic E-state index is 14.1. The monoisotopic (exact) mass is 527 g/mol. The maximum atomic E-state index is 14.1. The summed E-state index contributed by atoms with van der Waals surface area (Å²) in [6.07, 6.45) is 6.76. The highest BCUT2D eigenvalue weighted by Gasteiger charge is 2.79. The van der Waals surface area contributed by atoms with Crippen LogP contribution in [0.3, 0.4) is 0 Å². The first kappa shape index (κ1) is 28.6. The quantitative estimate of drug-likeness (QED) is 0.322. The fraction of sp³-hybridized carbons (Fsp3) is 0.700. The van der Waals surface area contributed by atoms with E-state index in [1.807, 2.05) is 37.3 Å². The van der Waals surface area contributed by atoms with Gasteiger partial charge >= 0.3 is 0 Å². The van der Waals surface area contributed by atoms with Gasteiger partial charge in [0.15, 0.2) is 0 Å². The van der Waals surface area contributed by atoms with Crippen LogP contribution in [0, 0.1) is 17.8 Å². The number of hydrogen-bond donors (Lipinski definition) is 3. The molecule has 3 amide bonds. The lowest BCUT2D eigenvalue weighted by Crippen LogP contribution is -2.56. The van der Waals surface area contributed by atoms with Crippen molar-refractivity contribution < 1.29 is 24.2 Å². The molecule has 3 aliphatic rings. The number of aliphatic hydroxyl groups is 1. The molecule has 6 atom stereocenters. The van der Waals surface area contributed by atoms with Crippen molar-refractivity contribution in [3.8, 4) is 0 Å². The Morgan fingerprint density at radius 3 is 2.50 bits per heavy atom. The van der Waals surface area contributed by atoms with Crippen molar-refractivity contribution in [3.05, 3.63) is 35.9 Å². The predicted octanol–water partition coefficient (Wildman–Crippen LogP) is 3.17. The topological polar surface area (TPSA) is 108 Å². The molecule has 3 unspecified atom stereocenters. The second-order valence-electron chi connectivity index (χ2n) is 11.6. The summed E-state index contributed by atoms with van der Waals surface area (Å²) in [4.78, 5) is 43.2. The molecule has 0 aliphatic carbocycles. The summed E-state index contributed by atoms with van der Waals surface area (Å²) >= 11 is 0. The van der Waals surface area contributed by atoms with Gasteiger partial charge < -0.3 is 25.4 Å². The highest BCUT2D eigenvalue weighted by molar-refractivity contribution is 5.99. The van der Waals surface area contributed by atoms with Gasteiger partial charge in [0.25, 0.3) is 0 Å². The highest BCUT2D eigenvalue weighted by Crippen LogP contribution is 2.65. The van der Waals surface area contributed by atoms with Crippen LogP contribution in [0.15, 0.2) is 30.3 Å². The Labute approximate surface area is 226 Å². The van der Waals surface area contributed by atoms with Crippen LogP contribution in [0.25, 0.3) is 0 Å². The van der Waals surface area contributed by atoms with Crippen molar-refractivity contribution in [2.75, 3.05) is 19.7 Å². The second kappa shape index (κ2) is 12.2. The normalized spacial score (nSPS) is 31.5. The van der Waals surface area contributed by atoms with Gasteiger partial charge in [0, 0.05) is 26.2 Å². The van der Waals surface area contributed by atoms with Crippen molar-refractivity contribution in [3.63, 3.8) is 0 Å². The Hall–Kier alpha value is -2.45. The molecule has 0 aromatic heterocycles. The Bertz CT molecular complexity index is 987. The molecule has 8 heteroatoms. The molecular weight excluding hydrogens is 482 g/mol. The summed E-state index contributed by atoms with van der Waals surface area (Å²) in [5, 5.41) is 15.3. The van der Waals surface area contributed by atoms with Gasteiger partial charge in [0.2, 0.25) is 17.7 Å². The number of amides is 3. The number of nitrogens with one attached hydrogen (secondary N) is 2. The molecule has 3 fully saturated rings. The van der Waals surface area contributed by atoms with E-state index < -0.39 is 29.1 Å². The minimum atomic E-state index is -1.00. The van der Waals surface area contributed by atoms with Gasteiger partial charge in [-0.25, -0.2) is 0 Å². The van der Waals surface area contributed by atoms with Gasteiger partial charge in [0.1, 0.15) is 11.6 Å². The number of hydrogen-bond acceptors (Lipinski definition) is 5. The number of fused-ring (bicyclic) bond motifs is 1. The molecule has 8 nitrogen and oxygen atoms in total. The fourth-order valence-corrected chi connectivity index (χ4v) is 7.01. The molecule has 3 N–H and O–H groups in total. The van der Waals surface area contributed by atoms with Crippen molar-refractivity contribution in [2.45, 2.75) is 95.9 Å². The Balaban J connectivity index is 1.58. The molecule has 3 aliphatic heterocycles. The van der Waals surface area contributed by atoms with E-state index in [2.05, 4.69) is 24.5 Å². The average Bonchev–Trinajstić information content (AvgIpc) is 3.42. The largest absolute Gasteiger partial charge is 0.396 e. The number of rotatable bonds is 14. The lowest BCUT2D eigenvalue weighted by atomic mass is 9.62. The van der Waals surface area contributed by atoms with Gasteiger partial charge in [-0.05, 0) is 44.1 Å². The van der Waals surface area contributed by atoms with Crippen LogP contribution in [0.1, 0.15) is 77.7 Å². The summed E-state index contributed by atoms with van der Waals surface area (Å²) in [7, 11) is 0. The molecule has 3 heterocycles. The van der Waals surface area contributed by atoms with E-state index in [1.165, 1.54) is 0 Å². The van der Waals surface area contributed by atoms with E-state index in [0.29, 0.717) is 26.1 Å². The molecule has 1 aromatic carbocycles. The van der Waals surface area contributed by atoms with Crippen LogP contribution in [-0.2, 0) is 25.7 Å². The van der Waals surface area contributed by atoms with Crippen LogP contribution >= 0.6 is 0 Å². The Morgan fingerprint density at radius 2 is 1.79 bits per heavy atom. The SMILES string of the molecule is CCCCCNC(=O)C1N(CCCCCCO)C(=O)[C@@H]2[C@H](C(=O)NCc3ccccc3)[C@@]3(C)OC12CC3C. The number of likely N-dealkylation sites (tertiary alicyclic amines) is 1. The number of carbonyl (C=O) groups excluding carboxylic acids is 3. The summed E-state index contributed by atoms with van der Waals surface area (Å²) in [5.41, 5.74) is -0.820. The molecule has 4 rings (SSSR count). The molecule has 0 radical (unpaired) electrons. The first-order valence-electron chi connectivity index (χ1n) is 14.5. The maximum Gasteiger partial charge on any atom is 0.245 e. The van der Waals surface area contributed by atoms with E-state index in [4.69, 9.17) is 9.84 Å². The van der Waals surface area contributed by atoms with E-state index >= 15 is 0 Å². The number of unbranched alkanes of at least 4 members (excludes halogenated alkanes) is 5. The third-order valence-corrected chi connectivity index (χ3v) is 9.04. The van der Waals surface area contributed by atoms with E-state index in [1.54, 1.807) is 4.90 Å². The molecule has 0 saturated carbocycles. The lowest BCUT2D eigenvalue weighted by molar-refractivity contribution is -0.147. The van der Waals surface area contributed by atoms with Crippen molar-refractivity contribution in [1.82, 2.24) is 15.5 Å². The summed E-state index contributed by atoms with van der Waals surface area (Å²) in [6, 6.07) is 8.98. The van der Waals surface area contributed by atoms with Crippen molar-refractivity contribution in [2.24, 2.45) is 17.8 Å². The minimum absolute atomic E-state index is 0.0268. The van der Waals surface area contributed by atoms with Gasteiger partial charge in [-0.1, -0.05) is 69.9 Å². The molecule has 210 valence electrons. The standard InChI is InChI=1S/C30H45N3O5/c1-4-5-11-16-31-27(36)25-30-19-21(2)29(3,38-30)23(26(35)32-20-22-14-9-8-10-15-22)24(30)28(37)33(25)17-12-6-7-13-18-34/h8-10,14-15,21,23-25,34H,4-7,11-13,16-20H2,1-3H3,(H,31,36)(H,32,35)/t21?,23-,24+,25?,29+,30?/m1/s1. The molecular formula is C30H45N3O5. The number of aliphatic hydroxyl groups excluding tert-OH is 1. The zero-order valence-corrected chi connectivity index (χ0v) is 23.2. The molecule has 3 saturated heterocycles. The van der Waals surface area contributed by atoms with Crippen LogP contribution in [0.2, 0.25) is 0 Å². The van der Waals surface area contributed by atoms with Crippen LogP contribution < -0.4 is 10.6 Å². The first-order chi connectivity index (χ1) is 18.3. The summed E-state index contributed by atoms with van der Waals surface area (Å²) < 4.78 is 6.76.